The highest BCUT2D eigenvalue weighted by atomic mass is 32.2. The number of halogens is 2. The Labute approximate surface area is 143 Å². The molecule has 25 heavy (non-hydrogen) atoms. The Bertz CT molecular complexity index is 1010. The van der Waals surface area contributed by atoms with Crippen molar-refractivity contribution in [2.45, 2.75) is 9.92 Å². The van der Waals surface area contributed by atoms with Crippen LogP contribution in [0.25, 0.3) is 11.5 Å². The molecule has 0 radical (unpaired) electrons. The zero-order valence-electron chi connectivity index (χ0n) is 13.4. The van der Waals surface area contributed by atoms with Gasteiger partial charge < -0.3 is 9.32 Å². The zero-order valence-corrected chi connectivity index (χ0v) is 14.2. The number of nitrogens with zero attached hydrogens (tertiary/aromatic N) is 2. The van der Waals surface area contributed by atoms with Crippen LogP contribution in [-0.4, -0.2) is 27.5 Å². The molecule has 0 saturated heterocycles. The van der Waals surface area contributed by atoms with E-state index >= 15 is 0 Å². The highest BCUT2D eigenvalue weighted by Gasteiger charge is 2.30. The number of hydrogen-bond acceptors (Lipinski definition) is 5. The molecule has 0 N–H and O–H groups in total. The Morgan fingerprint density at radius 2 is 1.64 bits per heavy atom. The average molecular weight is 364 g/mol. The van der Waals surface area contributed by atoms with Gasteiger partial charge in [-0.15, -0.1) is 0 Å². The maximum atomic E-state index is 14.0. The van der Waals surface area contributed by atoms with Crippen molar-refractivity contribution in [1.29, 1.82) is 0 Å². The Morgan fingerprint density at radius 1 is 1.00 bits per heavy atom. The van der Waals surface area contributed by atoms with Crippen LogP contribution in [0.3, 0.4) is 0 Å². The van der Waals surface area contributed by atoms with E-state index < -0.39 is 21.5 Å². The molecule has 5 nitrogen and oxygen atoms in total. The minimum absolute atomic E-state index is 0.0393. The lowest BCUT2D eigenvalue weighted by molar-refractivity contribution is 0.555. The predicted octanol–water partition coefficient (Wildman–Crippen LogP) is 3.52. The van der Waals surface area contributed by atoms with Gasteiger partial charge in [0.15, 0.2) is 0 Å². The van der Waals surface area contributed by atoms with Crippen molar-refractivity contribution in [2.24, 2.45) is 0 Å². The van der Waals surface area contributed by atoms with Crippen molar-refractivity contribution in [1.82, 2.24) is 4.98 Å². The summed E-state index contributed by atoms with van der Waals surface area (Å²) in [5.74, 6) is -1.33. The van der Waals surface area contributed by atoms with E-state index in [1.807, 2.05) is 0 Å². The summed E-state index contributed by atoms with van der Waals surface area (Å²) in [6.45, 7) is 0. The standard InChI is InChI=1S/C17H14F2N2O3S/c1-21(2)17-16(25(22,23)12-9-7-11(18)8-10-12)20-15(24-17)13-5-3-4-6-14(13)19/h3-10H,1-2H3. The molecule has 0 unspecified atom stereocenters. The molecule has 0 bridgehead atoms. The lowest BCUT2D eigenvalue weighted by Crippen LogP contribution is -2.13. The molecule has 2 aromatic carbocycles. The van der Waals surface area contributed by atoms with E-state index in [0.717, 1.165) is 24.3 Å². The summed E-state index contributed by atoms with van der Waals surface area (Å²) in [6.07, 6.45) is 0. The first-order valence-electron chi connectivity index (χ1n) is 7.24. The SMILES string of the molecule is CN(C)c1oc(-c2ccccc2F)nc1S(=O)(=O)c1ccc(F)cc1. The minimum atomic E-state index is -4.07. The van der Waals surface area contributed by atoms with Crippen molar-refractivity contribution in [3.8, 4) is 11.5 Å². The van der Waals surface area contributed by atoms with E-state index in [-0.39, 0.29) is 27.3 Å². The van der Waals surface area contributed by atoms with Crippen LogP contribution in [0.2, 0.25) is 0 Å². The zero-order chi connectivity index (χ0) is 18.2. The van der Waals surface area contributed by atoms with Crippen LogP contribution in [0.1, 0.15) is 0 Å². The van der Waals surface area contributed by atoms with E-state index in [1.54, 1.807) is 20.2 Å². The third-order valence-corrected chi connectivity index (χ3v) is 5.14. The fourth-order valence-electron chi connectivity index (χ4n) is 2.23. The molecule has 0 amide bonds. The molecule has 130 valence electrons. The van der Waals surface area contributed by atoms with Gasteiger partial charge in [-0.25, -0.2) is 17.2 Å². The fourth-order valence-corrected chi connectivity index (χ4v) is 3.61. The van der Waals surface area contributed by atoms with Gasteiger partial charge in [0.05, 0.1) is 10.5 Å². The van der Waals surface area contributed by atoms with Crippen LogP contribution in [0.5, 0.6) is 0 Å². The van der Waals surface area contributed by atoms with E-state index in [9.17, 15) is 17.2 Å². The van der Waals surface area contributed by atoms with Gasteiger partial charge in [-0.3, -0.25) is 0 Å². The van der Waals surface area contributed by atoms with Gasteiger partial charge in [0, 0.05) is 14.1 Å². The molecular weight excluding hydrogens is 350 g/mol. The normalized spacial score (nSPS) is 11.5. The van der Waals surface area contributed by atoms with E-state index in [0.29, 0.717) is 0 Å². The smallest absolute Gasteiger partial charge is 0.235 e. The summed E-state index contributed by atoms with van der Waals surface area (Å²) < 4.78 is 58.2. The van der Waals surface area contributed by atoms with Gasteiger partial charge in [0.1, 0.15) is 11.6 Å². The average Bonchev–Trinajstić information content (AvgIpc) is 3.02. The van der Waals surface area contributed by atoms with E-state index in [4.69, 9.17) is 4.42 Å². The predicted molar refractivity (Wildman–Crippen MR) is 88.1 cm³/mol. The Balaban J connectivity index is 2.19. The number of benzene rings is 2. The minimum Gasteiger partial charge on any atom is -0.419 e. The van der Waals surface area contributed by atoms with Gasteiger partial charge in [0.25, 0.3) is 0 Å². The molecule has 0 atom stereocenters. The van der Waals surface area contributed by atoms with Gasteiger partial charge in [-0.1, -0.05) is 12.1 Å². The number of aromatic nitrogens is 1. The van der Waals surface area contributed by atoms with Crippen LogP contribution in [-0.2, 0) is 9.84 Å². The summed E-state index contributed by atoms with van der Waals surface area (Å²) in [6, 6.07) is 10.1. The van der Waals surface area contributed by atoms with Gasteiger partial charge >= 0.3 is 0 Å². The molecule has 1 aromatic heterocycles. The highest BCUT2D eigenvalue weighted by Crippen LogP contribution is 2.34. The molecule has 3 rings (SSSR count). The van der Waals surface area contributed by atoms with Crippen molar-refractivity contribution in [3.05, 3.63) is 60.2 Å². The molecule has 3 aromatic rings. The van der Waals surface area contributed by atoms with Crippen LogP contribution in [0, 0.1) is 11.6 Å². The topological polar surface area (TPSA) is 63.4 Å². The fraction of sp³-hybridized carbons (Fsp3) is 0.118. The number of rotatable bonds is 4. The molecule has 0 fully saturated rings. The van der Waals surface area contributed by atoms with Crippen LogP contribution < -0.4 is 4.90 Å². The lowest BCUT2D eigenvalue weighted by Gasteiger charge is -2.10. The Kier molecular flexibility index (Phi) is 4.30. The van der Waals surface area contributed by atoms with E-state index in [1.165, 1.54) is 23.1 Å². The first-order valence-corrected chi connectivity index (χ1v) is 8.72. The van der Waals surface area contributed by atoms with Crippen molar-refractivity contribution < 1.29 is 21.6 Å². The van der Waals surface area contributed by atoms with Crippen LogP contribution >= 0.6 is 0 Å². The summed E-state index contributed by atoms with van der Waals surface area (Å²) in [5.41, 5.74) is 0.0474. The van der Waals surface area contributed by atoms with Crippen molar-refractivity contribution in [3.63, 3.8) is 0 Å². The number of anilines is 1. The molecular formula is C17H14F2N2O3S. The summed E-state index contributed by atoms with van der Waals surface area (Å²) in [4.78, 5) is 5.29. The third kappa shape index (κ3) is 3.12. The van der Waals surface area contributed by atoms with Crippen molar-refractivity contribution in [2.75, 3.05) is 19.0 Å². The lowest BCUT2D eigenvalue weighted by atomic mass is 10.2. The second kappa shape index (κ2) is 6.29. The second-order valence-corrected chi connectivity index (χ2v) is 7.33. The first-order chi connectivity index (χ1) is 11.8. The van der Waals surface area contributed by atoms with Gasteiger partial charge in [0.2, 0.25) is 26.6 Å². The highest BCUT2D eigenvalue weighted by molar-refractivity contribution is 7.91. The Hall–Kier alpha value is -2.74. The summed E-state index contributed by atoms with van der Waals surface area (Å²) in [5, 5.41) is -0.359. The molecule has 0 aliphatic heterocycles. The van der Waals surface area contributed by atoms with Gasteiger partial charge in [-0.05, 0) is 36.4 Å². The maximum Gasteiger partial charge on any atom is 0.235 e. The van der Waals surface area contributed by atoms with Crippen LogP contribution in [0.15, 0.2) is 62.9 Å². The Morgan fingerprint density at radius 3 is 2.24 bits per heavy atom. The number of sulfone groups is 1. The van der Waals surface area contributed by atoms with Crippen LogP contribution in [0.4, 0.5) is 14.7 Å². The quantitative estimate of drug-likeness (QED) is 0.663. The van der Waals surface area contributed by atoms with Gasteiger partial charge in [-0.2, -0.15) is 4.98 Å². The number of oxazole rings is 1. The number of hydrogen-bond donors (Lipinski definition) is 0. The second-order valence-electron chi connectivity index (χ2n) is 5.46. The molecule has 0 aliphatic carbocycles. The molecule has 8 heteroatoms. The summed E-state index contributed by atoms with van der Waals surface area (Å²) in [7, 11) is -0.910. The summed E-state index contributed by atoms with van der Waals surface area (Å²) >= 11 is 0. The molecule has 1 heterocycles. The monoisotopic (exact) mass is 364 g/mol. The molecule has 0 spiro atoms. The molecule has 0 aliphatic rings. The third-order valence-electron chi connectivity index (χ3n) is 3.47. The largest absolute Gasteiger partial charge is 0.419 e. The first kappa shape index (κ1) is 17.1. The van der Waals surface area contributed by atoms with Crippen molar-refractivity contribution >= 4 is 15.7 Å². The van der Waals surface area contributed by atoms with E-state index in [2.05, 4.69) is 4.98 Å². The molecule has 0 saturated carbocycles. The maximum absolute atomic E-state index is 14.0.